The molecule has 45 heavy (non-hydrogen) atoms. The highest BCUT2D eigenvalue weighted by Crippen LogP contribution is 2.39. The molecule has 4 heteroatoms. The summed E-state index contributed by atoms with van der Waals surface area (Å²) in [5.41, 5.74) is 13.7. The summed E-state index contributed by atoms with van der Waals surface area (Å²) in [4.78, 5) is 2.62. The van der Waals surface area contributed by atoms with E-state index < -0.39 is 0 Å². The van der Waals surface area contributed by atoms with E-state index in [1.807, 2.05) is 24.3 Å². The van der Waals surface area contributed by atoms with Crippen LogP contribution < -0.4 is 20.1 Å². The zero-order chi connectivity index (χ0) is 30.3. The summed E-state index contributed by atoms with van der Waals surface area (Å²) < 4.78 is 2.62. The first-order valence-electron chi connectivity index (χ1n) is 16.7. The Hall–Kier alpha value is -3.59. The first kappa shape index (κ1) is 28.9. The minimum absolute atomic E-state index is 0.762. The van der Waals surface area contributed by atoms with Crippen molar-refractivity contribution in [3.63, 3.8) is 0 Å². The molecule has 0 unspecified atom stereocenters. The largest absolute Gasteiger partial charge is 0.371 e. The topological polar surface area (TPSA) is 6.25 Å². The van der Waals surface area contributed by atoms with E-state index in [0.29, 0.717) is 0 Å². The van der Waals surface area contributed by atoms with E-state index in [-0.39, 0.29) is 0 Å². The van der Waals surface area contributed by atoms with Gasteiger partial charge in [0.05, 0.1) is 0 Å². The summed E-state index contributed by atoms with van der Waals surface area (Å²) in [6.45, 7) is 4.75. The average molecular weight is 631 g/mol. The first-order chi connectivity index (χ1) is 22.1. The van der Waals surface area contributed by atoms with Crippen LogP contribution in [0.4, 0.5) is 5.69 Å². The van der Waals surface area contributed by atoms with Gasteiger partial charge in [-0.25, -0.2) is 4.58 Å². The smallest absolute Gasteiger partial charge is 0.206 e. The van der Waals surface area contributed by atoms with Gasteiger partial charge in [0.2, 0.25) is 5.36 Å². The molecule has 0 bridgehead atoms. The highest BCUT2D eigenvalue weighted by Gasteiger charge is 2.25. The lowest BCUT2D eigenvalue weighted by Gasteiger charge is -2.37. The van der Waals surface area contributed by atoms with Crippen LogP contribution >= 0.6 is 23.2 Å². The molecule has 0 fully saturated rings. The fraction of sp³-hybridized carbons (Fsp3) is 0.293. The molecular weight excluding hydrogens is 591 g/mol. The van der Waals surface area contributed by atoms with Gasteiger partial charge in [0.25, 0.3) is 0 Å². The van der Waals surface area contributed by atoms with Crippen LogP contribution in [-0.2, 0) is 25.7 Å². The van der Waals surface area contributed by atoms with Crippen molar-refractivity contribution in [3.8, 4) is 0 Å². The first-order valence-corrected chi connectivity index (χ1v) is 17.5. The van der Waals surface area contributed by atoms with Crippen molar-refractivity contribution in [1.82, 2.24) is 4.58 Å². The molecule has 0 aliphatic carbocycles. The van der Waals surface area contributed by atoms with Crippen LogP contribution in [0.2, 0.25) is 10.0 Å². The number of benzene rings is 4. The maximum Gasteiger partial charge on any atom is 0.206 e. The van der Waals surface area contributed by atoms with Crippen LogP contribution in [0.5, 0.6) is 0 Å². The minimum Gasteiger partial charge on any atom is -0.371 e. The third-order valence-electron chi connectivity index (χ3n) is 10.1. The van der Waals surface area contributed by atoms with Crippen LogP contribution in [0.15, 0.2) is 91.0 Å². The summed E-state index contributed by atoms with van der Waals surface area (Å²) in [6, 6.07) is 26.5. The molecule has 4 heterocycles. The molecule has 4 aromatic carbocycles. The highest BCUT2D eigenvalue weighted by atomic mass is 35.5. The maximum atomic E-state index is 6.35. The molecule has 8 rings (SSSR count). The van der Waals surface area contributed by atoms with Crippen LogP contribution in [0.3, 0.4) is 0 Å². The summed E-state index contributed by atoms with van der Waals surface area (Å²) in [5, 5.41) is 4.33. The van der Waals surface area contributed by atoms with Crippen molar-refractivity contribution in [2.24, 2.45) is 0 Å². The van der Waals surface area contributed by atoms with Gasteiger partial charge in [-0.05, 0) is 131 Å². The fourth-order valence-corrected chi connectivity index (χ4v) is 8.39. The van der Waals surface area contributed by atoms with Gasteiger partial charge in [-0.3, -0.25) is 0 Å². The molecular formula is C41H39Cl2N2+. The molecule has 0 saturated carbocycles. The number of halogens is 2. The van der Waals surface area contributed by atoms with E-state index >= 15 is 0 Å². The van der Waals surface area contributed by atoms with Crippen LogP contribution in [0.25, 0.3) is 11.1 Å². The fourth-order valence-electron chi connectivity index (χ4n) is 8.14. The molecule has 4 aliphatic heterocycles. The lowest BCUT2D eigenvalue weighted by molar-refractivity contribution is 0.480. The standard InChI is InChI=1S/C41H39Cl2N2/c42-36-16-12-28(13-17-36)38(34-24-30-6-2-20-44-21-3-7-31(25-34)40(30)44)10-1-11-39(29-14-18-37(43)19-15-29)35-26-32-8-4-22-45-23-5-9-33(27-35)41(32)45/h1,10-19,24-27H,2-9,20-23H2/q+1. The Morgan fingerprint density at radius 2 is 1.18 bits per heavy atom. The maximum absolute atomic E-state index is 6.35. The second-order valence-electron chi connectivity index (χ2n) is 13.0. The Bertz CT molecular complexity index is 1900. The van der Waals surface area contributed by atoms with E-state index in [0.717, 1.165) is 35.7 Å². The van der Waals surface area contributed by atoms with E-state index in [1.54, 1.807) is 0 Å². The van der Waals surface area contributed by atoms with Gasteiger partial charge in [-0.1, -0.05) is 65.7 Å². The average Bonchev–Trinajstić information content (AvgIpc) is 3.06. The van der Waals surface area contributed by atoms with Crippen molar-refractivity contribution < 1.29 is 0 Å². The minimum atomic E-state index is 0.762. The monoisotopic (exact) mass is 629 g/mol. The number of aryl methyl sites for hydroxylation is 4. The van der Waals surface area contributed by atoms with Crippen LogP contribution in [0, 0.1) is 0 Å². The molecule has 0 radical (unpaired) electrons. The predicted molar refractivity (Wildman–Crippen MR) is 190 cm³/mol. The molecule has 0 spiro atoms. The number of hydrogen-bond donors (Lipinski definition) is 0. The van der Waals surface area contributed by atoms with Gasteiger partial charge in [0, 0.05) is 52.8 Å². The molecule has 4 aromatic rings. The summed E-state index contributed by atoms with van der Waals surface area (Å²) in [7, 11) is 0. The Morgan fingerprint density at radius 3 is 1.78 bits per heavy atom. The van der Waals surface area contributed by atoms with Crippen LogP contribution in [-0.4, -0.2) is 26.2 Å². The SMILES string of the molecule is Clc1ccc(C(/C=C/C=C(/c2ccc(Cl)cc2)c2cc3c4c(c2)CCCN4CCC3)=c2cc3c4c(c2)CCC[N+]=4CCC3)cc1. The van der Waals surface area contributed by atoms with Gasteiger partial charge < -0.3 is 4.90 Å². The lowest BCUT2D eigenvalue weighted by Crippen LogP contribution is -2.44. The van der Waals surface area contributed by atoms with Crippen molar-refractivity contribution >= 4 is 40.0 Å². The Labute approximate surface area is 276 Å². The molecule has 0 saturated heterocycles. The number of hydrogen-bond acceptors (Lipinski definition) is 1. The Kier molecular flexibility index (Phi) is 7.89. The zero-order valence-electron chi connectivity index (χ0n) is 25.8. The third kappa shape index (κ3) is 5.68. The quantitative estimate of drug-likeness (QED) is 0.160. The molecule has 0 aromatic heterocycles. The van der Waals surface area contributed by atoms with Gasteiger partial charge in [-0.2, -0.15) is 0 Å². The van der Waals surface area contributed by atoms with Gasteiger partial charge in [0.1, 0.15) is 13.1 Å². The van der Waals surface area contributed by atoms with Crippen molar-refractivity contribution in [2.75, 3.05) is 31.1 Å². The molecule has 0 N–H and O–H groups in total. The third-order valence-corrected chi connectivity index (χ3v) is 10.6. The number of anilines is 1. The summed E-state index contributed by atoms with van der Waals surface area (Å²) in [6.07, 6.45) is 16.4. The number of nitrogens with zero attached hydrogens (tertiary/aromatic N) is 2. The normalized spacial score (nSPS) is 17.3. The van der Waals surface area contributed by atoms with E-state index in [9.17, 15) is 0 Å². The Morgan fingerprint density at radius 1 is 0.622 bits per heavy atom. The second-order valence-corrected chi connectivity index (χ2v) is 13.9. The second kappa shape index (κ2) is 12.3. The molecule has 2 nitrogen and oxygen atoms in total. The van der Waals surface area contributed by atoms with E-state index in [2.05, 4.69) is 76.2 Å². The van der Waals surface area contributed by atoms with Gasteiger partial charge in [-0.15, -0.1) is 0 Å². The van der Waals surface area contributed by atoms with E-state index in [4.69, 9.17) is 23.2 Å². The van der Waals surface area contributed by atoms with Crippen LogP contribution in [0.1, 0.15) is 64.6 Å². The van der Waals surface area contributed by atoms with Crippen molar-refractivity contribution in [1.29, 1.82) is 0 Å². The zero-order valence-corrected chi connectivity index (χ0v) is 27.3. The number of allylic oxidation sites excluding steroid dienone is 3. The van der Waals surface area contributed by atoms with Gasteiger partial charge >= 0.3 is 0 Å². The summed E-state index contributed by atoms with van der Waals surface area (Å²) in [5.74, 6) is 0. The molecule has 0 amide bonds. The molecule has 0 atom stereocenters. The predicted octanol–water partition coefficient (Wildman–Crippen LogP) is 7.96. The number of rotatable bonds is 5. The lowest BCUT2D eigenvalue weighted by atomic mass is 9.86. The van der Waals surface area contributed by atoms with Crippen molar-refractivity contribution in [2.45, 2.75) is 51.4 Å². The highest BCUT2D eigenvalue weighted by molar-refractivity contribution is 6.30. The van der Waals surface area contributed by atoms with Gasteiger partial charge in [0.15, 0.2) is 0 Å². The summed E-state index contributed by atoms with van der Waals surface area (Å²) >= 11 is 12.7. The Balaban J connectivity index is 1.29. The molecule has 226 valence electrons. The molecule has 4 aliphatic rings. The van der Waals surface area contributed by atoms with Crippen molar-refractivity contribution in [3.05, 3.63) is 151 Å². The van der Waals surface area contributed by atoms with E-state index in [1.165, 1.54) is 118 Å².